The van der Waals surface area contributed by atoms with Crippen LogP contribution in [0.25, 0.3) is 0 Å². The Labute approximate surface area is 187 Å². The summed E-state index contributed by atoms with van der Waals surface area (Å²) in [6, 6.07) is 19.7. The first kappa shape index (κ1) is 24.9. The number of amides is 1. The second-order valence-corrected chi connectivity index (χ2v) is 9.58. The highest BCUT2D eigenvalue weighted by Gasteiger charge is 2.27. The molecule has 2 aromatic carbocycles. The van der Waals surface area contributed by atoms with E-state index in [1.807, 2.05) is 69.3 Å². The molecule has 2 aromatic rings. The molecule has 0 aliphatic heterocycles. The quantitative estimate of drug-likeness (QED) is 0.581. The monoisotopic (exact) mass is 426 g/mol. The van der Waals surface area contributed by atoms with Crippen LogP contribution in [-0.4, -0.2) is 46.9 Å². The van der Waals surface area contributed by atoms with Crippen LogP contribution in [0.2, 0.25) is 0 Å². The number of alkyl carbamates (subject to hydrolysis) is 1. The average Bonchev–Trinajstić information content (AvgIpc) is 2.67. The number of aliphatic hydroxyl groups is 1. The standard InChI is InChI=1S/C26H38N2O3/c1-20(2)17-28(18-22-14-10-7-11-15-22)19-24(29)23(16-21-12-8-6-9-13-21)27-25(30)31-26(3,4)5/h6-15,20,23-24,29H,16-19H2,1-5H3,(H,27,30)/t23?,24-/m1/s1. The topological polar surface area (TPSA) is 61.8 Å². The van der Waals surface area contributed by atoms with Crippen LogP contribution in [0.15, 0.2) is 60.7 Å². The first-order chi connectivity index (χ1) is 14.6. The summed E-state index contributed by atoms with van der Waals surface area (Å²) in [7, 11) is 0. The summed E-state index contributed by atoms with van der Waals surface area (Å²) in [6.45, 7) is 11.9. The van der Waals surface area contributed by atoms with Crippen molar-refractivity contribution in [3.05, 3.63) is 71.8 Å². The number of hydrogen-bond donors (Lipinski definition) is 2. The molecule has 170 valence electrons. The van der Waals surface area contributed by atoms with Crippen molar-refractivity contribution >= 4 is 6.09 Å². The normalized spacial score (nSPS) is 13.8. The molecule has 0 aromatic heterocycles. The Kier molecular flexibility index (Phi) is 9.53. The van der Waals surface area contributed by atoms with Gasteiger partial charge < -0.3 is 15.2 Å². The van der Waals surface area contributed by atoms with Gasteiger partial charge in [0.15, 0.2) is 0 Å². The van der Waals surface area contributed by atoms with Crippen molar-refractivity contribution in [3.8, 4) is 0 Å². The van der Waals surface area contributed by atoms with Gasteiger partial charge in [0.05, 0.1) is 12.1 Å². The fourth-order valence-electron chi connectivity index (χ4n) is 3.56. The molecule has 0 heterocycles. The van der Waals surface area contributed by atoms with Crippen molar-refractivity contribution in [1.29, 1.82) is 0 Å². The van der Waals surface area contributed by atoms with Gasteiger partial charge in [-0.25, -0.2) is 4.79 Å². The maximum Gasteiger partial charge on any atom is 0.407 e. The van der Waals surface area contributed by atoms with E-state index in [1.165, 1.54) is 5.56 Å². The highest BCUT2D eigenvalue weighted by atomic mass is 16.6. The van der Waals surface area contributed by atoms with Crippen LogP contribution in [0.4, 0.5) is 4.79 Å². The summed E-state index contributed by atoms with van der Waals surface area (Å²) in [5, 5.41) is 14.1. The highest BCUT2D eigenvalue weighted by Crippen LogP contribution is 2.14. The lowest BCUT2D eigenvalue weighted by Crippen LogP contribution is -2.50. The van der Waals surface area contributed by atoms with Crippen molar-refractivity contribution in [2.45, 2.75) is 65.3 Å². The van der Waals surface area contributed by atoms with Gasteiger partial charge in [-0.2, -0.15) is 0 Å². The van der Waals surface area contributed by atoms with E-state index in [9.17, 15) is 9.90 Å². The third-order valence-corrected chi connectivity index (χ3v) is 4.78. The Morgan fingerprint density at radius 2 is 1.52 bits per heavy atom. The molecule has 5 heteroatoms. The molecule has 0 fully saturated rings. The van der Waals surface area contributed by atoms with Crippen molar-refractivity contribution in [2.75, 3.05) is 13.1 Å². The van der Waals surface area contributed by atoms with Crippen LogP contribution in [0.1, 0.15) is 45.7 Å². The molecular weight excluding hydrogens is 388 g/mol. The molecule has 5 nitrogen and oxygen atoms in total. The van der Waals surface area contributed by atoms with Crippen molar-refractivity contribution in [1.82, 2.24) is 10.2 Å². The number of nitrogens with one attached hydrogen (secondary N) is 1. The molecule has 1 unspecified atom stereocenters. The number of rotatable bonds is 10. The molecule has 0 aliphatic carbocycles. The smallest absolute Gasteiger partial charge is 0.407 e. The minimum atomic E-state index is -0.741. The molecule has 0 aliphatic rings. The second-order valence-electron chi connectivity index (χ2n) is 9.58. The van der Waals surface area contributed by atoms with Crippen LogP contribution in [-0.2, 0) is 17.7 Å². The lowest BCUT2D eigenvalue weighted by Gasteiger charge is -2.32. The van der Waals surface area contributed by atoms with Gasteiger partial charge in [0.1, 0.15) is 5.60 Å². The van der Waals surface area contributed by atoms with E-state index in [2.05, 4.69) is 36.2 Å². The summed E-state index contributed by atoms with van der Waals surface area (Å²) in [5.74, 6) is 0.460. The van der Waals surface area contributed by atoms with Crippen LogP contribution in [0, 0.1) is 5.92 Å². The third kappa shape index (κ3) is 9.99. The van der Waals surface area contributed by atoms with E-state index in [4.69, 9.17) is 4.74 Å². The molecule has 1 amide bonds. The summed E-state index contributed by atoms with van der Waals surface area (Å²) in [5.41, 5.74) is 1.67. The van der Waals surface area contributed by atoms with E-state index in [-0.39, 0.29) is 0 Å². The van der Waals surface area contributed by atoms with Gasteiger partial charge >= 0.3 is 6.09 Å². The van der Waals surface area contributed by atoms with Crippen LogP contribution < -0.4 is 5.32 Å². The Morgan fingerprint density at radius 3 is 2.03 bits per heavy atom. The molecule has 0 bridgehead atoms. The van der Waals surface area contributed by atoms with E-state index in [0.29, 0.717) is 18.9 Å². The molecule has 2 N–H and O–H groups in total. The van der Waals surface area contributed by atoms with Crippen LogP contribution in [0.5, 0.6) is 0 Å². The van der Waals surface area contributed by atoms with Gasteiger partial charge in [-0.05, 0) is 44.2 Å². The molecule has 2 rings (SSSR count). The lowest BCUT2D eigenvalue weighted by molar-refractivity contribution is 0.0348. The number of nitrogens with zero attached hydrogens (tertiary/aromatic N) is 1. The summed E-state index contributed by atoms with van der Waals surface area (Å²) < 4.78 is 5.45. The Bertz CT molecular complexity index is 772. The van der Waals surface area contributed by atoms with Crippen molar-refractivity contribution in [3.63, 3.8) is 0 Å². The number of carbonyl (C=O) groups is 1. The maximum atomic E-state index is 12.5. The highest BCUT2D eigenvalue weighted by molar-refractivity contribution is 5.68. The van der Waals surface area contributed by atoms with E-state index < -0.39 is 23.8 Å². The van der Waals surface area contributed by atoms with Gasteiger partial charge in [0.25, 0.3) is 0 Å². The number of benzene rings is 2. The Balaban J connectivity index is 2.13. The first-order valence-electron chi connectivity index (χ1n) is 11.1. The molecule has 31 heavy (non-hydrogen) atoms. The zero-order valence-corrected chi connectivity index (χ0v) is 19.5. The summed E-state index contributed by atoms with van der Waals surface area (Å²) in [6.07, 6.45) is -0.719. The first-order valence-corrected chi connectivity index (χ1v) is 11.1. The number of hydrogen-bond acceptors (Lipinski definition) is 4. The van der Waals surface area contributed by atoms with Gasteiger partial charge in [-0.3, -0.25) is 4.90 Å². The van der Waals surface area contributed by atoms with E-state index in [1.54, 1.807) is 0 Å². The average molecular weight is 427 g/mol. The zero-order valence-electron chi connectivity index (χ0n) is 19.5. The predicted octanol–water partition coefficient (Wildman–Crippen LogP) is 4.64. The molecule has 0 saturated heterocycles. The fraction of sp³-hybridized carbons (Fsp3) is 0.500. The number of carbonyl (C=O) groups excluding carboxylic acids is 1. The summed E-state index contributed by atoms with van der Waals surface area (Å²) in [4.78, 5) is 14.7. The number of aliphatic hydroxyl groups excluding tert-OH is 1. The van der Waals surface area contributed by atoms with E-state index >= 15 is 0 Å². The molecule has 0 saturated carbocycles. The van der Waals surface area contributed by atoms with Crippen LogP contribution in [0.3, 0.4) is 0 Å². The minimum Gasteiger partial charge on any atom is -0.444 e. The molecule has 0 spiro atoms. The largest absolute Gasteiger partial charge is 0.444 e. The number of ether oxygens (including phenoxy) is 1. The Hall–Kier alpha value is -2.37. The summed E-state index contributed by atoms with van der Waals surface area (Å²) >= 11 is 0. The van der Waals surface area contributed by atoms with Crippen molar-refractivity contribution < 1.29 is 14.6 Å². The molecule has 2 atom stereocenters. The van der Waals surface area contributed by atoms with Gasteiger partial charge in [-0.15, -0.1) is 0 Å². The fourth-order valence-corrected chi connectivity index (χ4v) is 3.56. The molecule has 0 radical (unpaired) electrons. The van der Waals surface area contributed by atoms with Gasteiger partial charge in [0, 0.05) is 19.6 Å². The maximum absolute atomic E-state index is 12.5. The van der Waals surface area contributed by atoms with Crippen molar-refractivity contribution in [2.24, 2.45) is 5.92 Å². The zero-order chi connectivity index (χ0) is 22.9. The minimum absolute atomic E-state index is 0.456. The van der Waals surface area contributed by atoms with E-state index in [0.717, 1.165) is 18.7 Å². The van der Waals surface area contributed by atoms with Gasteiger partial charge in [0.2, 0.25) is 0 Å². The predicted molar refractivity (Wildman–Crippen MR) is 126 cm³/mol. The third-order valence-electron chi connectivity index (χ3n) is 4.78. The SMILES string of the molecule is CC(C)CN(Cc1ccccc1)C[C@@H](O)C(Cc1ccccc1)NC(=O)OC(C)(C)C. The van der Waals surface area contributed by atoms with Gasteiger partial charge in [-0.1, -0.05) is 74.5 Å². The second kappa shape index (κ2) is 11.9. The molecular formula is C26H38N2O3. The van der Waals surface area contributed by atoms with Crippen LogP contribution >= 0.6 is 0 Å². The lowest BCUT2D eigenvalue weighted by atomic mass is 10.0. The Morgan fingerprint density at radius 1 is 0.968 bits per heavy atom.